The maximum atomic E-state index is 14.2. The van der Waals surface area contributed by atoms with Gasteiger partial charge in [-0.25, -0.2) is 28.9 Å². The number of hydrogen-bond donors (Lipinski definition) is 2. The van der Waals surface area contributed by atoms with E-state index in [9.17, 15) is 14.0 Å². The second-order valence-corrected chi connectivity index (χ2v) is 10.6. The first kappa shape index (κ1) is 29.2. The van der Waals surface area contributed by atoms with Crippen LogP contribution in [0.25, 0.3) is 0 Å². The molecular formula is C26H29ClFN7O4. The molecule has 0 bridgehead atoms. The van der Waals surface area contributed by atoms with Gasteiger partial charge in [-0.15, -0.1) is 0 Å². The van der Waals surface area contributed by atoms with Gasteiger partial charge in [0.2, 0.25) is 0 Å². The Morgan fingerprint density at radius 1 is 1.05 bits per heavy atom. The fourth-order valence-electron chi connectivity index (χ4n) is 3.00. The number of hydrogen-bond acceptors (Lipinski definition) is 10. The Labute approximate surface area is 230 Å². The molecule has 2 aromatic heterocycles. The number of aliphatic imine (C=N–C) groups is 1. The van der Waals surface area contributed by atoms with Gasteiger partial charge in [-0.3, -0.25) is 4.99 Å². The molecule has 3 rings (SSSR count). The van der Waals surface area contributed by atoms with Crippen LogP contribution in [0.1, 0.15) is 47.1 Å². The maximum Gasteiger partial charge on any atom is 0.425 e. The lowest BCUT2D eigenvalue weighted by Crippen LogP contribution is -2.44. The molecule has 0 aliphatic heterocycles. The normalized spacial score (nSPS) is 11.8. The second kappa shape index (κ2) is 11.6. The number of nitrogens with two attached hydrogens (primary N) is 1. The summed E-state index contributed by atoms with van der Waals surface area (Å²) in [5.41, 5.74) is 4.86. The molecule has 206 valence electrons. The van der Waals surface area contributed by atoms with Crippen molar-refractivity contribution in [2.24, 2.45) is 4.99 Å². The van der Waals surface area contributed by atoms with Crippen molar-refractivity contribution in [2.75, 3.05) is 16.0 Å². The fourth-order valence-corrected chi connectivity index (χ4v) is 3.21. The van der Waals surface area contributed by atoms with Gasteiger partial charge < -0.3 is 20.5 Å². The zero-order valence-electron chi connectivity index (χ0n) is 22.3. The van der Waals surface area contributed by atoms with E-state index in [1.165, 1.54) is 42.7 Å². The molecule has 2 heterocycles. The van der Waals surface area contributed by atoms with Gasteiger partial charge in [-0.2, -0.15) is 4.90 Å². The van der Waals surface area contributed by atoms with Crippen LogP contribution < -0.4 is 16.0 Å². The summed E-state index contributed by atoms with van der Waals surface area (Å²) >= 11 is 6.07. The molecule has 0 fully saturated rings. The SMILES string of the molecule is CC(C)(C)OC(=O)N(C(=O)OC(C)(C)C)c1cc(Nc2nccc(N)c2C=Nc2c(F)cccc2Cl)ncn1. The van der Waals surface area contributed by atoms with E-state index in [1.54, 1.807) is 41.5 Å². The van der Waals surface area contributed by atoms with Gasteiger partial charge in [0.25, 0.3) is 0 Å². The highest BCUT2D eigenvalue weighted by atomic mass is 35.5. The number of anilines is 4. The van der Waals surface area contributed by atoms with Crippen molar-refractivity contribution < 1.29 is 23.5 Å². The summed E-state index contributed by atoms with van der Waals surface area (Å²) in [6, 6.07) is 7.06. The smallest absolute Gasteiger partial charge is 0.425 e. The Balaban J connectivity index is 1.98. The number of carbonyl (C=O) groups excluding carboxylic acids is 2. The summed E-state index contributed by atoms with van der Waals surface area (Å²) in [6.45, 7) is 9.97. The van der Waals surface area contributed by atoms with E-state index in [1.807, 2.05) is 0 Å². The Morgan fingerprint density at radius 2 is 1.69 bits per heavy atom. The van der Waals surface area contributed by atoms with Crippen LogP contribution in [-0.2, 0) is 9.47 Å². The summed E-state index contributed by atoms with van der Waals surface area (Å²) in [4.78, 5) is 43.2. The Hall–Kier alpha value is -4.32. The predicted molar refractivity (Wildman–Crippen MR) is 148 cm³/mol. The van der Waals surface area contributed by atoms with E-state index in [4.69, 9.17) is 26.8 Å². The van der Waals surface area contributed by atoms with E-state index in [0.29, 0.717) is 10.5 Å². The molecule has 0 atom stereocenters. The maximum absolute atomic E-state index is 14.2. The average Bonchev–Trinajstić information content (AvgIpc) is 2.78. The van der Waals surface area contributed by atoms with Gasteiger partial charge in [0.05, 0.1) is 10.6 Å². The molecule has 3 N–H and O–H groups in total. The zero-order valence-corrected chi connectivity index (χ0v) is 23.1. The molecule has 3 aromatic rings. The quantitative estimate of drug-likeness (QED) is 0.339. The van der Waals surface area contributed by atoms with Crippen LogP contribution in [0.4, 0.5) is 42.8 Å². The number of rotatable bonds is 5. The molecule has 2 amide bonds. The van der Waals surface area contributed by atoms with Crippen LogP contribution in [0.3, 0.4) is 0 Å². The molecule has 0 saturated heterocycles. The van der Waals surface area contributed by atoms with Crippen molar-refractivity contribution in [2.45, 2.75) is 52.7 Å². The number of benzene rings is 1. The average molecular weight is 558 g/mol. The van der Waals surface area contributed by atoms with Crippen molar-refractivity contribution in [1.29, 1.82) is 0 Å². The molecule has 0 unspecified atom stereocenters. The van der Waals surface area contributed by atoms with Crippen LogP contribution in [0.15, 0.2) is 47.8 Å². The van der Waals surface area contributed by atoms with E-state index >= 15 is 0 Å². The number of halogens is 2. The van der Waals surface area contributed by atoms with Gasteiger partial charge in [-0.05, 0) is 59.7 Å². The van der Waals surface area contributed by atoms with Crippen LogP contribution in [0.2, 0.25) is 5.02 Å². The lowest BCUT2D eigenvalue weighted by Gasteiger charge is -2.28. The number of nitrogen functional groups attached to an aromatic ring is 1. The Kier molecular flexibility index (Phi) is 8.70. The summed E-state index contributed by atoms with van der Waals surface area (Å²) in [7, 11) is 0. The first-order chi connectivity index (χ1) is 18.1. The lowest BCUT2D eigenvalue weighted by molar-refractivity contribution is 0.0429. The minimum absolute atomic E-state index is 0.0666. The number of pyridine rings is 1. The van der Waals surface area contributed by atoms with E-state index in [-0.39, 0.29) is 33.9 Å². The minimum Gasteiger partial charge on any atom is -0.443 e. The van der Waals surface area contributed by atoms with Gasteiger partial charge >= 0.3 is 12.2 Å². The monoisotopic (exact) mass is 557 g/mol. The van der Waals surface area contributed by atoms with Crippen molar-refractivity contribution in [1.82, 2.24) is 15.0 Å². The zero-order chi connectivity index (χ0) is 29.0. The highest BCUT2D eigenvalue weighted by Gasteiger charge is 2.33. The molecule has 0 spiro atoms. The van der Waals surface area contributed by atoms with Crippen LogP contribution in [0.5, 0.6) is 0 Å². The summed E-state index contributed by atoms with van der Waals surface area (Å²) in [5.74, 6) is -0.375. The molecule has 0 aliphatic carbocycles. The topological polar surface area (TPSA) is 145 Å². The number of amides is 2. The van der Waals surface area contributed by atoms with Crippen LogP contribution in [-0.4, -0.2) is 44.6 Å². The van der Waals surface area contributed by atoms with Gasteiger partial charge in [0.15, 0.2) is 5.82 Å². The fraction of sp³-hybridized carbons (Fsp3) is 0.308. The summed E-state index contributed by atoms with van der Waals surface area (Å²) in [6.07, 6.45) is 1.92. The number of carbonyl (C=O) groups is 2. The molecule has 13 heteroatoms. The second-order valence-electron chi connectivity index (χ2n) is 10.2. The van der Waals surface area contributed by atoms with Crippen molar-refractivity contribution in [3.05, 3.63) is 59.3 Å². The highest BCUT2D eigenvalue weighted by Crippen LogP contribution is 2.29. The van der Waals surface area contributed by atoms with Crippen LogP contribution in [0, 0.1) is 5.82 Å². The lowest BCUT2D eigenvalue weighted by atomic mass is 10.2. The van der Waals surface area contributed by atoms with Crippen LogP contribution >= 0.6 is 11.6 Å². The third kappa shape index (κ3) is 8.08. The number of nitrogens with zero attached hydrogens (tertiary/aromatic N) is 5. The largest absolute Gasteiger partial charge is 0.443 e. The third-order valence-corrected chi connectivity index (χ3v) is 4.87. The highest BCUT2D eigenvalue weighted by molar-refractivity contribution is 6.33. The van der Waals surface area contributed by atoms with E-state index < -0.39 is 29.2 Å². The molecule has 39 heavy (non-hydrogen) atoms. The summed E-state index contributed by atoms with van der Waals surface area (Å²) < 4.78 is 25.0. The van der Waals surface area contributed by atoms with Crippen molar-refractivity contribution in [3.63, 3.8) is 0 Å². The molecular weight excluding hydrogens is 529 g/mol. The molecule has 11 nitrogen and oxygen atoms in total. The van der Waals surface area contributed by atoms with Gasteiger partial charge in [-0.1, -0.05) is 17.7 Å². The molecule has 0 aliphatic rings. The first-order valence-electron chi connectivity index (χ1n) is 11.7. The molecule has 0 saturated carbocycles. The minimum atomic E-state index is -0.988. The number of para-hydroxylation sites is 1. The first-order valence-corrected chi connectivity index (χ1v) is 12.1. The van der Waals surface area contributed by atoms with E-state index in [2.05, 4.69) is 25.3 Å². The summed E-state index contributed by atoms with van der Waals surface area (Å²) in [5, 5.41) is 3.08. The number of aromatic nitrogens is 3. The van der Waals surface area contributed by atoms with E-state index in [0.717, 1.165) is 6.33 Å². The van der Waals surface area contributed by atoms with Crippen molar-refractivity contribution in [3.8, 4) is 0 Å². The predicted octanol–water partition coefficient (Wildman–Crippen LogP) is 6.42. The molecule has 1 aromatic carbocycles. The van der Waals surface area contributed by atoms with Crippen molar-refractivity contribution >= 4 is 58.8 Å². The number of nitrogens with one attached hydrogen (secondary N) is 1. The number of imide groups is 1. The number of ether oxygens (including phenoxy) is 2. The Bertz CT molecular complexity index is 1360. The van der Waals surface area contributed by atoms with Gasteiger partial charge in [0, 0.05) is 24.2 Å². The Morgan fingerprint density at radius 3 is 2.28 bits per heavy atom. The molecule has 0 radical (unpaired) electrons. The standard InChI is InChI=1S/C26H29ClFN7O4/c1-25(2,3)38-23(36)35(24(37)39-26(4,5)6)20-12-19(32-14-33-20)34-22-15(18(29)10-11-30-22)13-31-21-16(27)8-7-9-17(21)28/h7-14H,1-6H3,(H3,29,30,32,33,34). The van der Waals surface area contributed by atoms with Gasteiger partial charge in [0.1, 0.15) is 40.7 Å². The third-order valence-electron chi connectivity index (χ3n) is 4.56.